The molecule has 1 fully saturated rings. The first-order valence-electron chi connectivity index (χ1n) is 13.2. The van der Waals surface area contributed by atoms with Crippen molar-refractivity contribution in [3.8, 4) is 0 Å². The van der Waals surface area contributed by atoms with Crippen molar-refractivity contribution in [1.82, 2.24) is 9.88 Å². The fraction of sp³-hybridized carbons (Fsp3) is 0.355. The topological polar surface area (TPSA) is 91.4 Å². The first-order chi connectivity index (χ1) is 18.2. The lowest BCUT2D eigenvalue weighted by Gasteiger charge is -2.43. The van der Waals surface area contributed by atoms with Crippen LogP contribution in [-0.4, -0.2) is 34.2 Å². The molecule has 7 nitrogen and oxygen atoms in total. The minimum Gasteiger partial charge on any atom is -0.326 e. The predicted octanol–water partition coefficient (Wildman–Crippen LogP) is 4.71. The van der Waals surface area contributed by atoms with Crippen LogP contribution in [0.5, 0.6) is 0 Å². The molecule has 2 aromatic carbocycles. The molecular formula is C31H32N4O3. The lowest BCUT2D eigenvalue weighted by Crippen LogP contribution is -2.50. The summed E-state index contributed by atoms with van der Waals surface area (Å²) in [5.41, 5.74) is 4.79. The van der Waals surface area contributed by atoms with Gasteiger partial charge in [-0.2, -0.15) is 0 Å². The van der Waals surface area contributed by atoms with Crippen molar-refractivity contribution in [2.45, 2.75) is 57.9 Å². The van der Waals surface area contributed by atoms with Crippen molar-refractivity contribution in [2.24, 2.45) is 5.41 Å². The molecule has 1 spiro atoms. The van der Waals surface area contributed by atoms with Gasteiger partial charge in [-0.25, -0.2) is 4.98 Å². The maximum atomic E-state index is 13.4. The number of nitrogens with one attached hydrogen (secondary N) is 2. The van der Waals surface area contributed by atoms with Crippen LogP contribution in [0.15, 0.2) is 60.8 Å². The Morgan fingerprint density at radius 2 is 1.89 bits per heavy atom. The Labute approximate surface area is 222 Å². The lowest BCUT2D eigenvalue weighted by molar-refractivity contribution is -0.150. The number of carbonyl (C=O) groups is 3. The molecule has 194 valence electrons. The Morgan fingerprint density at radius 3 is 2.71 bits per heavy atom. The van der Waals surface area contributed by atoms with E-state index in [0.717, 1.165) is 40.7 Å². The maximum absolute atomic E-state index is 13.4. The quantitative estimate of drug-likeness (QED) is 0.534. The summed E-state index contributed by atoms with van der Waals surface area (Å²) in [7, 11) is 0. The van der Waals surface area contributed by atoms with Gasteiger partial charge in [-0.15, -0.1) is 0 Å². The largest absolute Gasteiger partial charge is 0.326 e. The normalized spacial score (nSPS) is 23.2. The second kappa shape index (κ2) is 8.79. The fourth-order valence-corrected chi connectivity index (χ4v) is 6.40. The highest BCUT2D eigenvalue weighted by atomic mass is 16.2. The van der Waals surface area contributed by atoms with E-state index in [4.69, 9.17) is 0 Å². The summed E-state index contributed by atoms with van der Waals surface area (Å²) in [6.45, 7) is 5.94. The van der Waals surface area contributed by atoms with Gasteiger partial charge in [0.1, 0.15) is 12.4 Å². The molecule has 2 unspecified atom stereocenters. The third kappa shape index (κ3) is 3.97. The lowest BCUT2D eigenvalue weighted by atomic mass is 9.78. The monoisotopic (exact) mass is 508 g/mol. The molecular weight excluding hydrogens is 476 g/mol. The third-order valence-electron chi connectivity index (χ3n) is 8.46. The van der Waals surface area contributed by atoms with Gasteiger partial charge in [0.25, 0.3) is 0 Å². The number of benzene rings is 2. The van der Waals surface area contributed by atoms with Crippen LogP contribution in [0.1, 0.15) is 60.5 Å². The zero-order valence-electron chi connectivity index (χ0n) is 22.0. The number of likely N-dealkylation sites (tertiary alicyclic amines) is 1. The van der Waals surface area contributed by atoms with Gasteiger partial charge in [0, 0.05) is 22.9 Å². The molecule has 38 heavy (non-hydrogen) atoms. The molecule has 6 rings (SSSR count). The molecule has 3 aliphatic rings. The van der Waals surface area contributed by atoms with Crippen LogP contribution >= 0.6 is 0 Å². The average Bonchev–Trinajstić information content (AvgIpc) is 3.39. The Kier molecular flexibility index (Phi) is 5.63. The van der Waals surface area contributed by atoms with Crippen LogP contribution in [-0.2, 0) is 32.6 Å². The number of pyridine rings is 1. The van der Waals surface area contributed by atoms with Gasteiger partial charge in [0.05, 0.1) is 11.5 Å². The maximum Gasteiger partial charge on any atom is 0.244 e. The second-order valence-corrected chi connectivity index (χ2v) is 11.6. The minimum absolute atomic E-state index is 0.000761. The van der Waals surface area contributed by atoms with E-state index in [1.54, 1.807) is 11.1 Å². The van der Waals surface area contributed by atoms with Crippen molar-refractivity contribution in [3.63, 3.8) is 0 Å². The molecule has 1 saturated heterocycles. The van der Waals surface area contributed by atoms with E-state index < -0.39 is 10.8 Å². The Hall–Kier alpha value is -4.00. The smallest absolute Gasteiger partial charge is 0.244 e. The zero-order chi connectivity index (χ0) is 26.7. The third-order valence-corrected chi connectivity index (χ3v) is 8.46. The van der Waals surface area contributed by atoms with Crippen molar-refractivity contribution in [3.05, 3.63) is 88.6 Å². The van der Waals surface area contributed by atoms with Crippen LogP contribution in [0.3, 0.4) is 0 Å². The molecule has 3 heterocycles. The highest BCUT2D eigenvalue weighted by molar-refractivity contribution is 6.06. The number of nitrogens with zero attached hydrogens (tertiary/aromatic N) is 2. The molecule has 0 saturated carbocycles. The average molecular weight is 509 g/mol. The van der Waals surface area contributed by atoms with Gasteiger partial charge in [-0.1, -0.05) is 55.8 Å². The van der Waals surface area contributed by atoms with Crippen molar-refractivity contribution in [2.75, 3.05) is 17.2 Å². The predicted molar refractivity (Wildman–Crippen MR) is 146 cm³/mol. The number of rotatable bonds is 4. The van der Waals surface area contributed by atoms with Crippen LogP contribution in [0.25, 0.3) is 0 Å². The van der Waals surface area contributed by atoms with Crippen LogP contribution in [0.4, 0.5) is 11.5 Å². The molecule has 3 aromatic rings. The molecule has 1 aromatic heterocycles. The first kappa shape index (κ1) is 24.3. The van der Waals surface area contributed by atoms with Gasteiger partial charge in [0.15, 0.2) is 0 Å². The standard InChI is InChI=1S/C31H32N4O3/c1-19-6-4-7-20(14-19)25-11-12-30(2,3)29(38)35(25)18-26(36)33-23-10-9-21-16-31(17-22(21)15-23)24-8-5-13-32-27(24)34-28(31)37/h4-10,13-15,25H,11-12,16-18H2,1-3H3,(H,33,36)(H,32,34,37). The van der Waals surface area contributed by atoms with Gasteiger partial charge < -0.3 is 15.5 Å². The summed E-state index contributed by atoms with van der Waals surface area (Å²) in [5, 5.41) is 5.95. The second-order valence-electron chi connectivity index (χ2n) is 11.6. The van der Waals surface area contributed by atoms with Crippen molar-refractivity contribution in [1.29, 1.82) is 0 Å². The van der Waals surface area contributed by atoms with Crippen molar-refractivity contribution >= 4 is 29.2 Å². The molecule has 0 bridgehead atoms. The van der Waals surface area contributed by atoms with E-state index in [1.165, 1.54) is 0 Å². The number of aromatic nitrogens is 1. The number of piperidine rings is 1. The summed E-state index contributed by atoms with van der Waals surface area (Å²) in [4.78, 5) is 45.8. The van der Waals surface area contributed by atoms with Crippen LogP contribution < -0.4 is 10.6 Å². The molecule has 2 N–H and O–H groups in total. The first-order valence-corrected chi connectivity index (χ1v) is 13.2. The van der Waals surface area contributed by atoms with E-state index in [1.807, 2.05) is 69.3 Å². The SMILES string of the molecule is Cc1cccc(C2CCC(C)(C)C(=O)N2CC(=O)Nc2ccc3c(c2)CC2(C3)C(=O)Nc3ncccc32)c1. The summed E-state index contributed by atoms with van der Waals surface area (Å²) < 4.78 is 0. The molecule has 1 aliphatic carbocycles. The highest BCUT2D eigenvalue weighted by Crippen LogP contribution is 2.47. The van der Waals surface area contributed by atoms with E-state index in [2.05, 4.69) is 21.7 Å². The number of hydrogen-bond donors (Lipinski definition) is 2. The molecule has 2 aliphatic heterocycles. The molecule has 7 heteroatoms. The van der Waals surface area contributed by atoms with Gasteiger partial charge in [0.2, 0.25) is 17.7 Å². The number of fused-ring (bicyclic) bond motifs is 3. The summed E-state index contributed by atoms with van der Waals surface area (Å²) >= 11 is 0. The fourth-order valence-electron chi connectivity index (χ4n) is 6.40. The summed E-state index contributed by atoms with van der Waals surface area (Å²) in [5.74, 6) is 0.382. The minimum atomic E-state index is -0.651. The van der Waals surface area contributed by atoms with E-state index in [0.29, 0.717) is 24.3 Å². The number of anilines is 2. The number of hydrogen-bond acceptors (Lipinski definition) is 4. The van der Waals surface area contributed by atoms with E-state index in [9.17, 15) is 14.4 Å². The summed E-state index contributed by atoms with van der Waals surface area (Å²) in [6, 6.07) is 17.7. The van der Waals surface area contributed by atoms with Crippen LogP contribution in [0, 0.1) is 12.3 Å². The molecule has 2 atom stereocenters. The zero-order valence-corrected chi connectivity index (χ0v) is 22.0. The van der Waals surface area contributed by atoms with Gasteiger partial charge in [-0.3, -0.25) is 14.4 Å². The Morgan fingerprint density at radius 1 is 1.08 bits per heavy atom. The number of amides is 3. The van der Waals surface area contributed by atoms with E-state index in [-0.39, 0.29) is 30.3 Å². The highest BCUT2D eigenvalue weighted by Gasteiger charge is 2.51. The van der Waals surface area contributed by atoms with Gasteiger partial charge >= 0.3 is 0 Å². The Bertz CT molecular complexity index is 1480. The number of carbonyl (C=O) groups excluding carboxylic acids is 3. The Balaban J connectivity index is 1.21. The van der Waals surface area contributed by atoms with Crippen molar-refractivity contribution < 1.29 is 14.4 Å². The molecule has 3 amide bonds. The van der Waals surface area contributed by atoms with Gasteiger partial charge in [-0.05, 0) is 67.5 Å². The molecule has 0 radical (unpaired) electrons. The van der Waals surface area contributed by atoms with Crippen LogP contribution in [0.2, 0.25) is 0 Å². The van der Waals surface area contributed by atoms with E-state index >= 15 is 0 Å². The summed E-state index contributed by atoms with van der Waals surface area (Å²) in [6.07, 6.45) is 4.45. The number of aryl methyl sites for hydroxylation is 1.